The number of aromatic nitrogens is 1. The van der Waals surface area contributed by atoms with Crippen molar-refractivity contribution in [3.05, 3.63) is 66.0 Å². The van der Waals surface area contributed by atoms with Gasteiger partial charge in [0.1, 0.15) is 5.69 Å². The Kier molecular flexibility index (Phi) is 4.29. The summed E-state index contributed by atoms with van der Waals surface area (Å²) < 4.78 is 0. The van der Waals surface area contributed by atoms with Gasteiger partial charge in [0.15, 0.2) is 0 Å². The van der Waals surface area contributed by atoms with Crippen LogP contribution in [0.5, 0.6) is 0 Å². The number of aryl methyl sites for hydroxylation is 1. The third kappa shape index (κ3) is 3.98. The van der Waals surface area contributed by atoms with Crippen molar-refractivity contribution in [2.75, 3.05) is 0 Å². The van der Waals surface area contributed by atoms with Gasteiger partial charge in [0.25, 0.3) is 0 Å². The first-order valence-electron chi connectivity index (χ1n) is 5.06. The van der Waals surface area contributed by atoms with Crippen molar-refractivity contribution in [2.24, 2.45) is 0 Å². The van der Waals surface area contributed by atoms with Gasteiger partial charge in [-0.1, -0.05) is 30.7 Å². The molecule has 0 fully saturated rings. The largest absolute Gasteiger partial charge is 0.248 e. The minimum Gasteiger partial charge on any atom is -0.248 e. The van der Waals surface area contributed by atoms with Gasteiger partial charge in [0.05, 0.1) is 0 Å². The average Bonchev–Trinajstić information content (AvgIpc) is 2.24. The van der Waals surface area contributed by atoms with E-state index in [1.54, 1.807) is 12.3 Å². The van der Waals surface area contributed by atoms with Crippen LogP contribution in [0.1, 0.15) is 18.2 Å². The lowest BCUT2D eigenvalue weighted by Gasteiger charge is -1.92. The Balaban J connectivity index is 2.96. The zero-order valence-corrected chi connectivity index (χ0v) is 9.75. The highest BCUT2D eigenvalue weighted by molar-refractivity contribution is 5.45. The summed E-state index contributed by atoms with van der Waals surface area (Å²) in [6.45, 7) is 11.5. The normalized spacial score (nSPS) is 10.2. The van der Waals surface area contributed by atoms with E-state index in [0.29, 0.717) is 0 Å². The van der Waals surface area contributed by atoms with Gasteiger partial charge in [-0.05, 0) is 43.5 Å². The molecule has 0 aliphatic heterocycles. The van der Waals surface area contributed by atoms with E-state index in [9.17, 15) is 0 Å². The Bertz CT molecular complexity index is 496. The Morgan fingerprint density at radius 2 is 2.25 bits per heavy atom. The summed E-state index contributed by atoms with van der Waals surface area (Å²) in [5.41, 5.74) is 3.75. The van der Waals surface area contributed by atoms with E-state index in [2.05, 4.69) is 30.0 Å². The van der Waals surface area contributed by atoms with Gasteiger partial charge in [-0.25, -0.2) is 4.98 Å². The van der Waals surface area contributed by atoms with Crippen LogP contribution in [0.15, 0.2) is 54.8 Å². The molecule has 0 N–H and O–H groups in total. The molecule has 0 unspecified atom stereocenters. The second-order valence-corrected chi connectivity index (χ2v) is 3.62. The predicted molar refractivity (Wildman–Crippen MR) is 68.9 cm³/mol. The van der Waals surface area contributed by atoms with Gasteiger partial charge < -0.3 is 0 Å². The first-order chi connectivity index (χ1) is 7.61. The van der Waals surface area contributed by atoms with Crippen LogP contribution in [0.3, 0.4) is 0 Å². The van der Waals surface area contributed by atoms with Gasteiger partial charge in [0.2, 0.25) is 0 Å². The molecule has 0 saturated carbocycles. The fourth-order valence-corrected chi connectivity index (χ4v) is 1.15. The molecule has 0 amide bonds. The summed E-state index contributed by atoms with van der Waals surface area (Å²) in [7, 11) is 0. The monoisotopic (exact) mass is 209 g/mol. The van der Waals surface area contributed by atoms with Crippen LogP contribution in [0.25, 0.3) is 0 Å². The van der Waals surface area contributed by atoms with Gasteiger partial charge in [-0.3, -0.25) is 0 Å². The van der Waals surface area contributed by atoms with E-state index in [4.69, 9.17) is 0 Å². The smallest absolute Gasteiger partial charge is 0.113 e. The lowest BCUT2D eigenvalue weighted by Crippen LogP contribution is -1.83. The molecule has 0 aliphatic rings. The number of hydrogen-bond donors (Lipinski definition) is 0. The molecule has 1 heterocycles. The number of hydrogen-bond acceptors (Lipinski definition) is 1. The van der Waals surface area contributed by atoms with Crippen molar-refractivity contribution in [1.82, 2.24) is 4.98 Å². The van der Waals surface area contributed by atoms with Gasteiger partial charge in [-0.2, -0.15) is 0 Å². The molecule has 0 aliphatic carbocycles. The molecule has 0 bridgehead atoms. The quantitative estimate of drug-likeness (QED) is 0.537. The van der Waals surface area contributed by atoms with E-state index in [0.717, 1.165) is 22.4 Å². The molecule has 1 nitrogen and oxygen atoms in total. The maximum absolute atomic E-state index is 4.17. The summed E-state index contributed by atoms with van der Waals surface area (Å²) in [5, 5.41) is 0. The number of nitrogens with zero attached hydrogens (tertiary/aromatic N) is 1. The van der Waals surface area contributed by atoms with Crippen molar-refractivity contribution in [2.45, 2.75) is 13.8 Å². The summed E-state index contributed by atoms with van der Waals surface area (Å²) in [5.74, 6) is 6.01. The van der Waals surface area contributed by atoms with Crippen LogP contribution in [0.4, 0.5) is 0 Å². The summed E-state index contributed by atoms with van der Waals surface area (Å²) in [6, 6.07) is 3.90. The van der Waals surface area contributed by atoms with E-state index in [1.807, 2.05) is 32.1 Å². The number of rotatable bonds is 2. The van der Waals surface area contributed by atoms with Gasteiger partial charge in [-0.15, -0.1) is 0 Å². The molecule has 0 aromatic carbocycles. The standard InChI is InChI=1S/C15H15N/c1-5-14(10-12(2)3)6-7-15-11-13(4)8-9-16-15/h5,8-11H,1-2H2,3-4H3/b14-10+. The average molecular weight is 209 g/mol. The molecule has 1 aromatic heterocycles. The van der Waals surface area contributed by atoms with E-state index in [-0.39, 0.29) is 0 Å². The minimum atomic E-state index is 0.773. The Labute approximate surface area is 97.2 Å². The molecular formula is C15H15N. The fraction of sp³-hybridized carbons (Fsp3) is 0.133. The highest BCUT2D eigenvalue weighted by atomic mass is 14.6. The molecule has 80 valence electrons. The second-order valence-electron chi connectivity index (χ2n) is 3.62. The van der Waals surface area contributed by atoms with Crippen molar-refractivity contribution in [1.29, 1.82) is 0 Å². The SMILES string of the molecule is C=C/C(C#Cc1cc(C)ccn1)=C\C(=C)C. The summed E-state index contributed by atoms with van der Waals surface area (Å²) >= 11 is 0. The van der Waals surface area contributed by atoms with Crippen molar-refractivity contribution in [3.63, 3.8) is 0 Å². The molecule has 0 radical (unpaired) electrons. The Morgan fingerprint density at radius 1 is 1.50 bits per heavy atom. The molecule has 1 heteroatoms. The lowest BCUT2D eigenvalue weighted by atomic mass is 10.2. The Morgan fingerprint density at radius 3 is 2.81 bits per heavy atom. The topological polar surface area (TPSA) is 12.9 Å². The highest BCUT2D eigenvalue weighted by Gasteiger charge is 1.89. The third-order valence-electron chi connectivity index (χ3n) is 1.87. The molecule has 0 atom stereocenters. The third-order valence-corrected chi connectivity index (χ3v) is 1.87. The van der Waals surface area contributed by atoms with Crippen molar-refractivity contribution < 1.29 is 0 Å². The molecule has 0 saturated heterocycles. The fourth-order valence-electron chi connectivity index (χ4n) is 1.15. The zero-order valence-electron chi connectivity index (χ0n) is 9.75. The van der Waals surface area contributed by atoms with E-state index < -0.39 is 0 Å². The molecule has 0 spiro atoms. The van der Waals surface area contributed by atoms with Crippen LogP contribution in [0, 0.1) is 18.8 Å². The van der Waals surface area contributed by atoms with E-state index in [1.165, 1.54) is 0 Å². The van der Waals surface area contributed by atoms with Crippen LogP contribution >= 0.6 is 0 Å². The van der Waals surface area contributed by atoms with Crippen LogP contribution in [-0.4, -0.2) is 4.98 Å². The van der Waals surface area contributed by atoms with Gasteiger partial charge >= 0.3 is 0 Å². The van der Waals surface area contributed by atoms with Crippen molar-refractivity contribution >= 4 is 0 Å². The molecule has 16 heavy (non-hydrogen) atoms. The van der Waals surface area contributed by atoms with E-state index >= 15 is 0 Å². The molecule has 1 aromatic rings. The van der Waals surface area contributed by atoms with Crippen molar-refractivity contribution in [3.8, 4) is 11.8 Å². The van der Waals surface area contributed by atoms with Crippen LogP contribution in [-0.2, 0) is 0 Å². The summed E-state index contributed by atoms with van der Waals surface area (Å²) in [4.78, 5) is 4.17. The molecular weight excluding hydrogens is 194 g/mol. The number of pyridine rings is 1. The molecule has 1 rings (SSSR count). The van der Waals surface area contributed by atoms with Gasteiger partial charge in [0, 0.05) is 11.8 Å². The summed E-state index contributed by atoms with van der Waals surface area (Å²) in [6.07, 6.45) is 5.38. The maximum Gasteiger partial charge on any atom is 0.113 e. The Hall–Kier alpha value is -2.07. The van der Waals surface area contributed by atoms with Crippen LogP contribution < -0.4 is 0 Å². The minimum absolute atomic E-state index is 0.773. The maximum atomic E-state index is 4.17. The predicted octanol–water partition coefficient (Wildman–Crippen LogP) is 3.43. The van der Waals surface area contributed by atoms with Crippen LogP contribution in [0.2, 0.25) is 0 Å². The zero-order chi connectivity index (χ0) is 12.0. The first kappa shape index (κ1) is 12.0. The highest BCUT2D eigenvalue weighted by Crippen LogP contribution is 2.02. The number of allylic oxidation sites excluding steroid dienone is 4. The first-order valence-corrected chi connectivity index (χ1v) is 5.06. The lowest BCUT2D eigenvalue weighted by molar-refractivity contribution is 1.25. The second kappa shape index (κ2) is 5.72.